The molecule has 19 heavy (non-hydrogen) atoms. The first kappa shape index (κ1) is 15.5. The van der Waals surface area contributed by atoms with Crippen LogP contribution in [-0.4, -0.2) is 29.3 Å². The molecule has 5 nitrogen and oxygen atoms in total. The molecule has 1 aromatic rings. The van der Waals surface area contributed by atoms with Crippen LogP contribution in [0.4, 0.5) is 0 Å². The molecule has 0 bridgehead atoms. The predicted molar refractivity (Wildman–Crippen MR) is 76.1 cm³/mol. The van der Waals surface area contributed by atoms with E-state index in [4.69, 9.17) is 16.0 Å². The number of nitrogens with one attached hydrogen (secondary N) is 1. The van der Waals surface area contributed by atoms with Gasteiger partial charge in [0.15, 0.2) is 0 Å². The van der Waals surface area contributed by atoms with Gasteiger partial charge >= 0.3 is 0 Å². The lowest BCUT2D eigenvalue weighted by Gasteiger charge is -2.21. The van der Waals surface area contributed by atoms with Gasteiger partial charge in [0, 0.05) is 19.1 Å². The molecule has 0 spiro atoms. The first-order valence-electron chi connectivity index (χ1n) is 6.53. The van der Waals surface area contributed by atoms with E-state index in [2.05, 4.69) is 17.4 Å². The van der Waals surface area contributed by atoms with Crippen molar-refractivity contribution in [1.82, 2.24) is 5.32 Å². The van der Waals surface area contributed by atoms with Gasteiger partial charge in [-0.2, -0.15) is 0 Å². The SMILES string of the molecule is CC(CCO)CNC(CC(N)=NO)c1ccccc1. The summed E-state index contributed by atoms with van der Waals surface area (Å²) in [4.78, 5) is 0. The zero-order valence-corrected chi connectivity index (χ0v) is 11.3. The second kappa shape index (κ2) is 8.50. The van der Waals surface area contributed by atoms with Crippen molar-refractivity contribution in [2.45, 2.75) is 25.8 Å². The van der Waals surface area contributed by atoms with Crippen molar-refractivity contribution in [3.63, 3.8) is 0 Å². The Morgan fingerprint density at radius 2 is 2.05 bits per heavy atom. The summed E-state index contributed by atoms with van der Waals surface area (Å²) in [5.41, 5.74) is 6.70. The third-order valence-corrected chi connectivity index (χ3v) is 3.08. The van der Waals surface area contributed by atoms with Gasteiger partial charge in [-0.05, 0) is 24.4 Å². The number of oxime groups is 1. The number of hydrogen-bond donors (Lipinski definition) is 4. The molecule has 1 rings (SSSR count). The number of amidine groups is 1. The third kappa shape index (κ3) is 5.72. The summed E-state index contributed by atoms with van der Waals surface area (Å²) in [7, 11) is 0. The maximum absolute atomic E-state index is 8.90. The lowest BCUT2D eigenvalue weighted by Crippen LogP contribution is -2.30. The first-order chi connectivity index (χ1) is 9.17. The van der Waals surface area contributed by atoms with E-state index in [1.165, 1.54) is 0 Å². The quantitative estimate of drug-likeness (QED) is 0.248. The number of hydrogen-bond acceptors (Lipinski definition) is 4. The highest BCUT2D eigenvalue weighted by molar-refractivity contribution is 5.80. The van der Waals surface area contributed by atoms with Crippen LogP contribution in [-0.2, 0) is 0 Å². The van der Waals surface area contributed by atoms with Crippen LogP contribution in [0.15, 0.2) is 35.5 Å². The largest absolute Gasteiger partial charge is 0.409 e. The van der Waals surface area contributed by atoms with E-state index >= 15 is 0 Å². The fourth-order valence-corrected chi connectivity index (χ4v) is 1.91. The molecule has 0 aliphatic carbocycles. The van der Waals surface area contributed by atoms with Crippen LogP contribution in [0, 0.1) is 5.92 Å². The molecule has 106 valence electrons. The first-order valence-corrected chi connectivity index (χ1v) is 6.53. The van der Waals surface area contributed by atoms with Gasteiger partial charge in [0.1, 0.15) is 5.84 Å². The Balaban J connectivity index is 2.65. The van der Waals surface area contributed by atoms with E-state index in [1.807, 2.05) is 30.3 Å². The van der Waals surface area contributed by atoms with Crippen LogP contribution in [0.3, 0.4) is 0 Å². The standard InChI is InChI=1S/C14H23N3O2/c1-11(7-8-18)10-16-13(9-14(15)17-19)12-5-3-2-4-6-12/h2-6,11,13,16,18-19H,7-10H2,1H3,(H2,15,17). The van der Waals surface area contributed by atoms with Crippen molar-refractivity contribution in [1.29, 1.82) is 0 Å². The van der Waals surface area contributed by atoms with E-state index in [9.17, 15) is 0 Å². The summed E-state index contributed by atoms with van der Waals surface area (Å²) in [5, 5.41) is 24.0. The highest BCUT2D eigenvalue weighted by Crippen LogP contribution is 2.17. The van der Waals surface area contributed by atoms with Crippen LogP contribution in [0.1, 0.15) is 31.4 Å². The summed E-state index contributed by atoms with van der Waals surface area (Å²) in [5.74, 6) is 0.583. The molecule has 0 fully saturated rings. The van der Waals surface area contributed by atoms with Crippen LogP contribution < -0.4 is 11.1 Å². The van der Waals surface area contributed by atoms with E-state index in [0.717, 1.165) is 18.5 Å². The smallest absolute Gasteiger partial charge is 0.141 e. The maximum atomic E-state index is 8.90. The van der Waals surface area contributed by atoms with Gasteiger partial charge in [0.25, 0.3) is 0 Å². The van der Waals surface area contributed by atoms with Crippen LogP contribution in [0.2, 0.25) is 0 Å². The molecular formula is C14H23N3O2. The van der Waals surface area contributed by atoms with Crippen molar-refractivity contribution in [3.05, 3.63) is 35.9 Å². The van der Waals surface area contributed by atoms with E-state index in [1.54, 1.807) is 0 Å². The molecule has 2 atom stereocenters. The number of benzene rings is 1. The molecule has 5 heteroatoms. The third-order valence-electron chi connectivity index (χ3n) is 3.08. The molecule has 0 aliphatic heterocycles. The fraction of sp³-hybridized carbons (Fsp3) is 0.500. The summed E-state index contributed by atoms with van der Waals surface area (Å²) in [6, 6.07) is 9.93. The minimum atomic E-state index is 0.0123. The van der Waals surface area contributed by atoms with Gasteiger partial charge < -0.3 is 21.4 Å². The molecule has 0 amide bonds. The van der Waals surface area contributed by atoms with Crippen molar-refractivity contribution >= 4 is 5.84 Å². The Morgan fingerprint density at radius 3 is 2.63 bits per heavy atom. The van der Waals surface area contributed by atoms with Gasteiger partial charge in [-0.25, -0.2) is 0 Å². The molecule has 0 saturated carbocycles. The summed E-state index contributed by atoms with van der Waals surface area (Å²) in [6.07, 6.45) is 1.21. The Morgan fingerprint density at radius 1 is 1.37 bits per heavy atom. The van der Waals surface area contributed by atoms with Crippen molar-refractivity contribution in [2.75, 3.05) is 13.2 Å². The zero-order chi connectivity index (χ0) is 14.1. The van der Waals surface area contributed by atoms with Crippen LogP contribution in [0.25, 0.3) is 0 Å². The zero-order valence-electron chi connectivity index (χ0n) is 11.3. The topological polar surface area (TPSA) is 90.9 Å². The molecule has 1 aromatic carbocycles. The monoisotopic (exact) mass is 265 g/mol. The van der Waals surface area contributed by atoms with Gasteiger partial charge in [-0.3, -0.25) is 0 Å². The molecule has 0 radical (unpaired) electrons. The second-order valence-corrected chi connectivity index (χ2v) is 4.78. The van der Waals surface area contributed by atoms with Gasteiger partial charge in [-0.15, -0.1) is 0 Å². The molecular weight excluding hydrogens is 242 g/mol. The average molecular weight is 265 g/mol. The number of aliphatic hydroxyl groups is 1. The average Bonchev–Trinajstić information content (AvgIpc) is 2.44. The minimum absolute atomic E-state index is 0.0123. The second-order valence-electron chi connectivity index (χ2n) is 4.78. The van der Waals surface area contributed by atoms with Crippen molar-refractivity contribution in [3.8, 4) is 0 Å². The Hall–Kier alpha value is -1.59. The Kier molecular flexibility index (Phi) is 6.92. The molecule has 2 unspecified atom stereocenters. The highest BCUT2D eigenvalue weighted by Gasteiger charge is 2.14. The number of nitrogens with two attached hydrogens (primary N) is 1. The maximum Gasteiger partial charge on any atom is 0.141 e. The van der Waals surface area contributed by atoms with Crippen molar-refractivity contribution < 1.29 is 10.3 Å². The van der Waals surface area contributed by atoms with E-state index in [-0.39, 0.29) is 18.5 Å². The molecule has 0 saturated heterocycles. The van der Waals surface area contributed by atoms with E-state index in [0.29, 0.717) is 12.3 Å². The summed E-state index contributed by atoms with van der Waals surface area (Å²) in [6.45, 7) is 3.05. The summed E-state index contributed by atoms with van der Waals surface area (Å²) < 4.78 is 0. The predicted octanol–water partition coefficient (Wildman–Crippen LogP) is 1.47. The summed E-state index contributed by atoms with van der Waals surface area (Å²) >= 11 is 0. The Bertz CT molecular complexity index is 382. The molecule has 0 heterocycles. The van der Waals surface area contributed by atoms with E-state index < -0.39 is 0 Å². The van der Waals surface area contributed by atoms with Gasteiger partial charge in [0.05, 0.1) is 0 Å². The Labute approximate surface area is 114 Å². The highest BCUT2D eigenvalue weighted by atomic mass is 16.4. The van der Waals surface area contributed by atoms with Crippen molar-refractivity contribution in [2.24, 2.45) is 16.8 Å². The van der Waals surface area contributed by atoms with Gasteiger partial charge in [-0.1, -0.05) is 42.4 Å². The fourth-order valence-electron chi connectivity index (χ4n) is 1.91. The molecule has 0 aliphatic rings. The number of nitrogens with zero attached hydrogens (tertiary/aromatic N) is 1. The van der Waals surface area contributed by atoms with Crippen LogP contribution >= 0.6 is 0 Å². The molecule has 0 aromatic heterocycles. The van der Waals surface area contributed by atoms with Crippen LogP contribution in [0.5, 0.6) is 0 Å². The number of rotatable bonds is 8. The lowest BCUT2D eigenvalue weighted by molar-refractivity contribution is 0.257. The lowest BCUT2D eigenvalue weighted by atomic mass is 10.0. The normalized spacial score (nSPS) is 15.2. The minimum Gasteiger partial charge on any atom is -0.409 e. The number of aliphatic hydroxyl groups excluding tert-OH is 1. The van der Waals surface area contributed by atoms with Gasteiger partial charge in [0.2, 0.25) is 0 Å². The molecule has 5 N–H and O–H groups in total.